The normalized spacial score (nSPS) is 10.7. The second-order valence-electron chi connectivity index (χ2n) is 5.84. The summed E-state index contributed by atoms with van der Waals surface area (Å²) in [5.41, 5.74) is 2.13. The zero-order valence-electron chi connectivity index (χ0n) is 15.4. The fourth-order valence-corrected chi connectivity index (χ4v) is 3.19. The first-order valence-corrected chi connectivity index (χ1v) is 9.37. The van der Waals surface area contributed by atoms with E-state index in [0.29, 0.717) is 28.9 Å². The van der Waals surface area contributed by atoms with E-state index in [9.17, 15) is 0 Å². The van der Waals surface area contributed by atoms with Gasteiger partial charge in [-0.25, -0.2) is 0 Å². The summed E-state index contributed by atoms with van der Waals surface area (Å²) in [4.78, 5) is 0. The third kappa shape index (κ3) is 5.70. The van der Waals surface area contributed by atoms with Crippen LogP contribution in [0.25, 0.3) is 0 Å². The molecular formula is C20H25Cl2NO3. The Morgan fingerprint density at radius 1 is 1.00 bits per heavy atom. The molecule has 0 amide bonds. The average molecular weight is 398 g/mol. The third-order valence-electron chi connectivity index (χ3n) is 3.89. The maximum atomic E-state index is 6.28. The van der Waals surface area contributed by atoms with Crippen LogP contribution in [0.1, 0.15) is 24.5 Å². The highest BCUT2D eigenvalue weighted by molar-refractivity contribution is 6.35. The number of hydrogen-bond donors (Lipinski definition) is 1. The molecule has 2 rings (SSSR count). The molecule has 0 aliphatic carbocycles. The molecule has 0 spiro atoms. The number of halogens is 2. The fraction of sp³-hybridized carbons (Fsp3) is 0.400. The minimum atomic E-state index is 0.544. The summed E-state index contributed by atoms with van der Waals surface area (Å²) in [6.07, 6.45) is 1.78. The van der Waals surface area contributed by atoms with Gasteiger partial charge in [-0.3, -0.25) is 0 Å². The Kier molecular flexibility index (Phi) is 8.36. The molecule has 2 aromatic carbocycles. The second kappa shape index (κ2) is 10.5. The van der Waals surface area contributed by atoms with Crippen LogP contribution < -0.4 is 19.5 Å². The zero-order chi connectivity index (χ0) is 18.9. The molecule has 4 nitrogen and oxygen atoms in total. The van der Waals surface area contributed by atoms with Gasteiger partial charge in [-0.1, -0.05) is 36.2 Å². The number of methoxy groups -OCH3 is 2. The van der Waals surface area contributed by atoms with E-state index < -0.39 is 0 Å². The van der Waals surface area contributed by atoms with Crippen LogP contribution in [0.4, 0.5) is 0 Å². The van der Waals surface area contributed by atoms with Crippen molar-refractivity contribution in [2.24, 2.45) is 0 Å². The molecule has 0 radical (unpaired) electrons. The fourth-order valence-electron chi connectivity index (χ4n) is 2.60. The molecule has 0 atom stereocenters. The van der Waals surface area contributed by atoms with Gasteiger partial charge in [0, 0.05) is 17.1 Å². The van der Waals surface area contributed by atoms with Crippen molar-refractivity contribution in [3.8, 4) is 17.2 Å². The molecule has 0 unspecified atom stereocenters. The predicted octanol–water partition coefficient (Wildman–Crippen LogP) is 5.13. The van der Waals surface area contributed by atoms with Crippen molar-refractivity contribution in [1.82, 2.24) is 5.32 Å². The van der Waals surface area contributed by atoms with Gasteiger partial charge in [0.25, 0.3) is 0 Å². The molecule has 0 saturated carbocycles. The summed E-state index contributed by atoms with van der Waals surface area (Å²) in [5, 5.41) is 4.57. The van der Waals surface area contributed by atoms with Gasteiger partial charge in [-0.15, -0.1) is 0 Å². The van der Waals surface area contributed by atoms with E-state index in [4.69, 9.17) is 37.4 Å². The van der Waals surface area contributed by atoms with Crippen molar-refractivity contribution in [1.29, 1.82) is 0 Å². The molecule has 6 heteroatoms. The van der Waals surface area contributed by atoms with Gasteiger partial charge in [0.1, 0.15) is 5.75 Å². The first kappa shape index (κ1) is 20.7. The predicted molar refractivity (Wildman–Crippen MR) is 107 cm³/mol. The lowest BCUT2D eigenvalue weighted by Gasteiger charge is -2.14. The molecule has 0 bridgehead atoms. The molecule has 0 heterocycles. The summed E-state index contributed by atoms with van der Waals surface area (Å²) in [6.45, 7) is 4.12. The van der Waals surface area contributed by atoms with Crippen molar-refractivity contribution in [2.75, 3.05) is 27.4 Å². The second-order valence-corrected chi connectivity index (χ2v) is 6.68. The monoisotopic (exact) mass is 397 g/mol. The summed E-state index contributed by atoms with van der Waals surface area (Å²) >= 11 is 12.4. The standard InChI is InChI=1S/C20H25Cl2NO3/c1-4-9-26-20-15(11-16(21)12-17(20)22)13-23-8-7-14-5-6-18(24-2)19(10-14)25-3/h5-6,10-12,23H,4,7-9,13H2,1-3H3. The minimum absolute atomic E-state index is 0.544. The number of hydrogen-bond acceptors (Lipinski definition) is 4. The number of ether oxygens (including phenoxy) is 3. The molecule has 0 aliphatic heterocycles. The highest BCUT2D eigenvalue weighted by Gasteiger charge is 2.11. The Balaban J connectivity index is 1.95. The molecule has 0 aliphatic rings. The average Bonchev–Trinajstić information content (AvgIpc) is 2.64. The highest BCUT2D eigenvalue weighted by atomic mass is 35.5. The lowest BCUT2D eigenvalue weighted by molar-refractivity contribution is 0.313. The van der Waals surface area contributed by atoms with Gasteiger partial charge in [-0.05, 0) is 49.2 Å². The summed E-state index contributed by atoms with van der Waals surface area (Å²) in [6, 6.07) is 9.55. The smallest absolute Gasteiger partial charge is 0.160 e. The van der Waals surface area contributed by atoms with Crippen LogP contribution in [0.2, 0.25) is 10.0 Å². The van der Waals surface area contributed by atoms with Crippen LogP contribution >= 0.6 is 23.2 Å². The zero-order valence-corrected chi connectivity index (χ0v) is 16.9. The van der Waals surface area contributed by atoms with Gasteiger partial charge < -0.3 is 19.5 Å². The van der Waals surface area contributed by atoms with E-state index in [1.54, 1.807) is 20.3 Å². The van der Waals surface area contributed by atoms with Gasteiger partial charge in [-0.2, -0.15) is 0 Å². The van der Waals surface area contributed by atoms with Crippen LogP contribution in [-0.4, -0.2) is 27.4 Å². The Morgan fingerprint density at radius 3 is 2.46 bits per heavy atom. The topological polar surface area (TPSA) is 39.7 Å². The van der Waals surface area contributed by atoms with E-state index in [0.717, 1.165) is 36.4 Å². The van der Waals surface area contributed by atoms with Crippen LogP contribution in [0.15, 0.2) is 30.3 Å². The van der Waals surface area contributed by atoms with E-state index in [2.05, 4.69) is 12.2 Å². The van der Waals surface area contributed by atoms with Gasteiger partial charge >= 0.3 is 0 Å². The maximum Gasteiger partial charge on any atom is 0.160 e. The Bertz CT molecular complexity index is 722. The molecule has 26 heavy (non-hydrogen) atoms. The van der Waals surface area contributed by atoms with Crippen molar-refractivity contribution >= 4 is 23.2 Å². The highest BCUT2D eigenvalue weighted by Crippen LogP contribution is 2.32. The van der Waals surface area contributed by atoms with E-state index in [-0.39, 0.29) is 0 Å². The number of nitrogens with one attached hydrogen (secondary N) is 1. The van der Waals surface area contributed by atoms with Crippen molar-refractivity contribution < 1.29 is 14.2 Å². The molecule has 0 saturated heterocycles. The third-order valence-corrected chi connectivity index (χ3v) is 4.39. The number of benzene rings is 2. The quantitative estimate of drug-likeness (QED) is 0.563. The van der Waals surface area contributed by atoms with Gasteiger partial charge in [0.05, 0.1) is 25.8 Å². The van der Waals surface area contributed by atoms with Crippen molar-refractivity contribution in [2.45, 2.75) is 26.3 Å². The maximum absolute atomic E-state index is 6.28. The molecule has 0 fully saturated rings. The lowest BCUT2D eigenvalue weighted by Crippen LogP contribution is -2.17. The SMILES string of the molecule is CCCOc1c(Cl)cc(Cl)cc1CNCCc1ccc(OC)c(OC)c1. The van der Waals surface area contributed by atoms with Crippen LogP contribution in [0.3, 0.4) is 0 Å². The first-order chi connectivity index (χ1) is 12.6. The van der Waals surface area contributed by atoms with Crippen molar-refractivity contribution in [3.05, 3.63) is 51.5 Å². The lowest BCUT2D eigenvalue weighted by atomic mass is 10.1. The van der Waals surface area contributed by atoms with Gasteiger partial charge in [0.15, 0.2) is 11.5 Å². The van der Waals surface area contributed by atoms with Crippen LogP contribution in [-0.2, 0) is 13.0 Å². The van der Waals surface area contributed by atoms with Crippen LogP contribution in [0, 0.1) is 0 Å². The summed E-state index contributed by atoms with van der Waals surface area (Å²) < 4.78 is 16.4. The Labute approximate surface area is 165 Å². The van der Waals surface area contributed by atoms with Crippen molar-refractivity contribution in [3.63, 3.8) is 0 Å². The van der Waals surface area contributed by atoms with E-state index in [1.165, 1.54) is 5.56 Å². The molecular weight excluding hydrogens is 373 g/mol. The first-order valence-electron chi connectivity index (χ1n) is 8.61. The molecule has 2 aromatic rings. The Hall–Kier alpha value is -1.62. The number of rotatable bonds is 10. The van der Waals surface area contributed by atoms with E-state index >= 15 is 0 Å². The van der Waals surface area contributed by atoms with Gasteiger partial charge in [0.2, 0.25) is 0 Å². The molecule has 1 N–H and O–H groups in total. The Morgan fingerprint density at radius 2 is 1.77 bits per heavy atom. The minimum Gasteiger partial charge on any atom is -0.493 e. The van der Waals surface area contributed by atoms with Crippen LogP contribution in [0.5, 0.6) is 17.2 Å². The molecule has 0 aromatic heterocycles. The summed E-state index contributed by atoms with van der Waals surface area (Å²) in [5.74, 6) is 2.17. The largest absolute Gasteiger partial charge is 0.493 e. The summed E-state index contributed by atoms with van der Waals surface area (Å²) in [7, 11) is 3.27. The molecule has 142 valence electrons. The van der Waals surface area contributed by atoms with E-state index in [1.807, 2.05) is 24.3 Å².